The fourth-order valence-corrected chi connectivity index (χ4v) is 14.2. The van der Waals surface area contributed by atoms with Crippen molar-refractivity contribution in [1.82, 2.24) is 111 Å². The van der Waals surface area contributed by atoms with Crippen LogP contribution >= 0.6 is 0 Å². The molecule has 0 saturated carbocycles. The minimum atomic E-state index is 0.200. The summed E-state index contributed by atoms with van der Waals surface area (Å²) in [5, 5.41) is 75.5. The summed E-state index contributed by atoms with van der Waals surface area (Å²) < 4.78 is 3.60. The first-order valence-electron chi connectivity index (χ1n) is 38.3. The van der Waals surface area contributed by atoms with Gasteiger partial charge in [0.05, 0.1) is 96.4 Å². The monoisotopic (exact) mass is 1560 g/mol. The van der Waals surface area contributed by atoms with Gasteiger partial charge in [-0.15, -0.1) is 0 Å². The fraction of sp³-hybridized carbons (Fsp3) is 0.224. The highest BCUT2D eigenvalue weighted by Gasteiger charge is 2.23. The predicted octanol–water partition coefficient (Wildman–Crippen LogP) is 16.2. The van der Waals surface area contributed by atoms with Crippen LogP contribution in [0.3, 0.4) is 0 Å². The Morgan fingerprint density at radius 1 is 0.479 bits per heavy atom. The summed E-state index contributed by atoms with van der Waals surface area (Å²) in [6.07, 6.45) is 19.5. The normalized spacial score (nSPS) is 12.2. The molecular weight excluding hydrogens is 1470 g/mol. The van der Waals surface area contributed by atoms with Gasteiger partial charge in [0.2, 0.25) is 5.91 Å². The second-order valence-electron chi connectivity index (χ2n) is 29.2. The molecule has 0 aliphatic carbocycles. The lowest BCUT2D eigenvalue weighted by atomic mass is 10.1. The van der Waals surface area contributed by atoms with Crippen LogP contribution in [0.1, 0.15) is 73.2 Å². The lowest BCUT2D eigenvalue weighted by Gasteiger charge is -2.21. The molecule has 1 saturated heterocycles. The summed E-state index contributed by atoms with van der Waals surface area (Å²) in [7, 11) is 9.96. The van der Waals surface area contributed by atoms with Crippen LogP contribution in [-0.4, -0.2) is 157 Å². The second kappa shape index (κ2) is 34.2. The number of benzene rings is 4. The van der Waals surface area contributed by atoms with Crippen LogP contribution in [-0.2, 0) is 25.4 Å². The number of nitrogens with one attached hydrogen (secondary N) is 11. The van der Waals surface area contributed by atoms with E-state index in [1.807, 2.05) is 201 Å². The molecule has 16 heterocycles. The van der Waals surface area contributed by atoms with Crippen molar-refractivity contribution in [2.24, 2.45) is 25.0 Å². The first kappa shape index (κ1) is 77.3. The lowest BCUT2D eigenvalue weighted by Crippen LogP contribution is -2.23. The number of pyridine rings is 6. The summed E-state index contributed by atoms with van der Waals surface area (Å²) in [6.45, 7) is 19.0. The maximum atomic E-state index is 11.8. The number of hydrogen-bond acceptors (Lipinski definition) is 23. The van der Waals surface area contributed by atoms with Gasteiger partial charge >= 0.3 is 0 Å². The molecule has 592 valence electrons. The topological polar surface area (TPSA) is 384 Å². The Morgan fingerprint density at radius 3 is 1.50 bits per heavy atom. The molecule has 0 spiro atoms. The van der Waals surface area contributed by atoms with Gasteiger partial charge in [-0.3, -0.25) is 49.7 Å². The van der Waals surface area contributed by atoms with E-state index in [0.29, 0.717) is 12.3 Å². The predicted molar refractivity (Wildman–Crippen MR) is 467 cm³/mol. The molecule has 1 fully saturated rings. The number of carbonyl (C=O) groups excluding carboxylic acids is 1. The average molecular weight is 1560 g/mol. The molecule has 2 aliphatic rings. The van der Waals surface area contributed by atoms with E-state index < -0.39 is 0 Å². The summed E-state index contributed by atoms with van der Waals surface area (Å²) in [4.78, 5) is 48.9. The molecule has 0 bridgehead atoms. The van der Waals surface area contributed by atoms with Crippen LogP contribution in [0.2, 0.25) is 0 Å². The zero-order chi connectivity index (χ0) is 81.4. The van der Waals surface area contributed by atoms with Gasteiger partial charge in [-0.1, -0.05) is 19.9 Å². The highest BCUT2D eigenvalue weighted by Crippen LogP contribution is 2.34. The quantitative estimate of drug-likeness (QED) is 0.0454. The number of aromatic nitrogens is 22. The minimum absolute atomic E-state index is 0.200. The van der Waals surface area contributed by atoms with E-state index in [0.717, 1.165) is 217 Å². The molecule has 14 aromatic heterocycles. The van der Waals surface area contributed by atoms with Gasteiger partial charge in [0.15, 0.2) is 0 Å². The smallest absolute Gasteiger partial charge is 0.227 e. The Labute approximate surface area is 672 Å². The molecule has 20 rings (SSSR count). The third-order valence-corrected chi connectivity index (χ3v) is 19.9. The molecule has 117 heavy (non-hydrogen) atoms. The highest BCUT2D eigenvalue weighted by molar-refractivity contribution is 6.06. The molecule has 4 aromatic carbocycles. The van der Waals surface area contributed by atoms with E-state index in [2.05, 4.69) is 188 Å². The van der Waals surface area contributed by atoms with Gasteiger partial charge in [0, 0.05) is 183 Å². The first-order valence-corrected chi connectivity index (χ1v) is 38.3. The van der Waals surface area contributed by atoms with Crippen LogP contribution in [0.25, 0.3) is 76.3 Å². The second-order valence-corrected chi connectivity index (χ2v) is 29.2. The van der Waals surface area contributed by atoms with Gasteiger partial charge in [-0.05, 0) is 175 Å². The van der Waals surface area contributed by atoms with Gasteiger partial charge in [0.25, 0.3) is 0 Å². The third-order valence-electron chi connectivity index (χ3n) is 19.9. The number of rotatable bonds is 15. The van der Waals surface area contributed by atoms with Crippen molar-refractivity contribution in [3.8, 4) is 0 Å². The molecule has 0 unspecified atom stereocenters. The molecule has 1 amide bonds. The Balaban J connectivity index is 0.000000110. The lowest BCUT2D eigenvalue weighted by molar-refractivity contribution is -0.117. The maximum absolute atomic E-state index is 11.8. The standard InChI is InChI=1S/C17H17N5O.C16H18N4.C15H14N6.C14H12N6.C12H18N4.C11H12N6/c1-11-16-14(21-20-11)8-9-18-17(16)19-12-4-6-13(7-5-12)22-10-2-3-15(22)23;1-11-15-12(10-18-11)7-8-17-16(15)19-13-5-4-6-14(9-13)20(2)3;1-9-14-12(20-19-9)5-6-16-15(14)18-11-4-3-10-8-17-21(2)13(10)7-11;1-8-13-11(20-18-8)4-5-15-14(13)17-10-3-2-9-7-16-19-12(9)6-10;1-8(2)7-16(4)12-11-9(3)14-15-10(11)5-6-13-12;1-7-10-9(16-15-7)3-4-12-11(10)14-8-5-13-17(2)6-8/h4-9H,2-3,10H2,1H3,(H,18,19)(H,20,21);4-9H,10H2,1-3H3,(H,17,19);3-8H,1-2H3,(H,16,18)(H,19,20);2-7H,1H3,(H,15,17)(H,16,19)(H,18,20);5-6,8H,7H2,1-4H3,(H,14,15);3-6H,1-2H3,(H,12,14)(H,15,16). The summed E-state index contributed by atoms with van der Waals surface area (Å²) in [6, 6.07) is 39.9. The van der Waals surface area contributed by atoms with Crippen LogP contribution in [0, 0.1) is 40.5 Å². The van der Waals surface area contributed by atoms with Crippen molar-refractivity contribution in [2.75, 3.05) is 75.5 Å². The van der Waals surface area contributed by atoms with E-state index >= 15 is 0 Å². The van der Waals surface area contributed by atoms with Crippen LogP contribution in [0.15, 0.2) is 188 Å². The minimum Gasteiger partial charge on any atom is -0.378 e. The van der Waals surface area contributed by atoms with Crippen LogP contribution in [0.4, 0.5) is 74.7 Å². The number of hydrogen-bond donors (Lipinski definition) is 11. The number of anilines is 13. The van der Waals surface area contributed by atoms with Gasteiger partial charge < -0.3 is 41.3 Å². The number of H-pyrrole nitrogens is 6. The van der Waals surface area contributed by atoms with Crippen LogP contribution < -0.4 is 41.3 Å². The molecule has 0 atom stereocenters. The Hall–Kier alpha value is -15.0. The first-order chi connectivity index (χ1) is 56.7. The Morgan fingerprint density at radius 2 is 0.966 bits per heavy atom. The SMILES string of the molecule is CC1=NCc2ccnc(Nc3cccc(N(C)C)c3)c21.Cc1[nH]nc2ccnc(N(C)CC(C)C)c12.Cc1[nH]nc2ccnc(Nc3ccc(N4CCCC4=O)cc3)c12.Cc1[nH]nc2ccnc(Nc3ccc4cn[nH]c4c3)c12.Cc1[nH]nc2ccnc(Nc3ccc4cnn(C)c4c3)c12.Cc1[nH]nc2ccnc(Nc3cnn(C)c3)c12. The molecule has 2 aliphatic heterocycles. The number of aromatic amines is 6. The van der Waals surface area contributed by atoms with Crippen molar-refractivity contribution < 1.29 is 4.79 Å². The number of aliphatic imine (C=N–C) groups is 1. The largest absolute Gasteiger partial charge is 0.378 e. The molecule has 18 aromatic rings. The summed E-state index contributed by atoms with van der Waals surface area (Å²) >= 11 is 0. The molecular formula is C85H91N31O. The van der Waals surface area contributed by atoms with E-state index in [1.165, 1.54) is 5.56 Å². The summed E-state index contributed by atoms with van der Waals surface area (Å²) in [5.41, 5.74) is 22.1. The van der Waals surface area contributed by atoms with Gasteiger partial charge in [0.1, 0.15) is 34.9 Å². The summed E-state index contributed by atoms with van der Waals surface area (Å²) in [5.74, 6) is 5.89. The number of fused-ring (bicyclic) bond motifs is 8. The van der Waals surface area contributed by atoms with Gasteiger partial charge in [-0.2, -0.15) is 40.8 Å². The van der Waals surface area contributed by atoms with Crippen LogP contribution in [0.5, 0.6) is 0 Å². The van der Waals surface area contributed by atoms with Gasteiger partial charge in [-0.25, -0.2) is 29.9 Å². The van der Waals surface area contributed by atoms with E-state index in [9.17, 15) is 4.79 Å². The van der Waals surface area contributed by atoms with E-state index in [1.54, 1.807) is 41.9 Å². The van der Waals surface area contributed by atoms with Crippen molar-refractivity contribution in [3.63, 3.8) is 0 Å². The van der Waals surface area contributed by atoms with E-state index in [4.69, 9.17) is 0 Å². The van der Waals surface area contributed by atoms with Crippen molar-refractivity contribution in [2.45, 2.75) is 74.8 Å². The zero-order valence-electron chi connectivity index (χ0n) is 67.3. The Kier molecular flexibility index (Phi) is 22.6. The fourth-order valence-electron chi connectivity index (χ4n) is 14.2. The van der Waals surface area contributed by atoms with Crippen molar-refractivity contribution in [1.29, 1.82) is 0 Å². The molecule has 0 radical (unpaired) electrons. The molecule has 32 heteroatoms. The number of amides is 1. The Bertz CT molecular complexity index is 6570. The molecule has 32 nitrogen and oxygen atoms in total. The third kappa shape index (κ3) is 17.3. The molecule has 11 N–H and O–H groups in total. The average Bonchev–Trinajstić information content (AvgIpc) is 1.76. The van der Waals surface area contributed by atoms with Crippen molar-refractivity contribution >= 4 is 163 Å². The zero-order valence-corrected chi connectivity index (χ0v) is 67.3. The number of carbonyl (C=O) groups is 1. The number of nitrogens with zero attached hydrogens (tertiary/aromatic N) is 20. The van der Waals surface area contributed by atoms with Crippen molar-refractivity contribution in [3.05, 3.63) is 223 Å². The highest BCUT2D eigenvalue weighted by atomic mass is 16.2. The maximum Gasteiger partial charge on any atom is 0.227 e. The number of aryl methyl sites for hydroxylation is 7. The van der Waals surface area contributed by atoms with E-state index in [-0.39, 0.29) is 5.91 Å².